The zero-order chi connectivity index (χ0) is 15.4. The molecule has 0 aromatic heterocycles. The number of carbonyl (C=O) groups is 1. The first-order valence-electron chi connectivity index (χ1n) is 7.96. The fraction of sp³-hybridized carbons (Fsp3) is 0.588. The van der Waals surface area contributed by atoms with E-state index in [1.54, 1.807) is 0 Å². The lowest BCUT2D eigenvalue weighted by molar-refractivity contribution is -0.0119. The first-order valence-corrected chi connectivity index (χ1v) is 8.72. The van der Waals surface area contributed by atoms with Gasteiger partial charge in [0.25, 0.3) is 5.91 Å². The van der Waals surface area contributed by atoms with Crippen LogP contribution in [0.5, 0.6) is 0 Å². The van der Waals surface area contributed by atoms with E-state index < -0.39 is 5.82 Å². The fourth-order valence-corrected chi connectivity index (χ4v) is 5.56. The molecular formula is C17H18Cl2FNO. The van der Waals surface area contributed by atoms with Crippen LogP contribution < -0.4 is 5.32 Å². The minimum Gasteiger partial charge on any atom is -0.349 e. The highest BCUT2D eigenvalue weighted by Gasteiger charge is 2.48. The lowest BCUT2D eigenvalue weighted by Gasteiger charge is -2.54. The van der Waals surface area contributed by atoms with E-state index in [4.69, 9.17) is 23.2 Å². The van der Waals surface area contributed by atoms with Crippen LogP contribution in [-0.4, -0.2) is 11.9 Å². The Morgan fingerprint density at radius 1 is 1.00 bits per heavy atom. The summed E-state index contributed by atoms with van der Waals surface area (Å²) in [5.41, 5.74) is 0.178. The van der Waals surface area contributed by atoms with Gasteiger partial charge in [0.2, 0.25) is 0 Å². The van der Waals surface area contributed by atoms with Gasteiger partial charge in [-0.05, 0) is 67.9 Å². The van der Waals surface area contributed by atoms with Crippen molar-refractivity contribution < 1.29 is 9.18 Å². The molecule has 4 fully saturated rings. The van der Waals surface area contributed by atoms with Crippen LogP contribution in [0.4, 0.5) is 4.39 Å². The Labute approximate surface area is 139 Å². The van der Waals surface area contributed by atoms with Crippen LogP contribution in [0.15, 0.2) is 12.1 Å². The summed E-state index contributed by atoms with van der Waals surface area (Å²) in [6.07, 6.45) is 6.27. The number of hydrogen-bond acceptors (Lipinski definition) is 1. The van der Waals surface area contributed by atoms with Crippen molar-refractivity contribution in [3.8, 4) is 0 Å². The van der Waals surface area contributed by atoms with Crippen LogP contribution in [-0.2, 0) is 0 Å². The predicted molar refractivity (Wildman–Crippen MR) is 84.7 cm³/mol. The molecular weight excluding hydrogens is 324 g/mol. The van der Waals surface area contributed by atoms with E-state index in [1.807, 2.05) is 0 Å². The third-order valence-corrected chi connectivity index (χ3v) is 6.38. The highest BCUT2D eigenvalue weighted by molar-refractivity contribution is 6.36. The van der Waals surface area contributed by atoms with Gasteiger partial charge in [-0.1, -0.05) is 23.2 Å². The number of amides is 1. The molecule has 0 spiro atoms. The molecule has 1 aromatic rings. The smallest absolute Gasteiger partial charge is 0.253 e. The maximum atomic E-state index is 13.6. The van der Waals surface area contributed by atoms with Crippen molar-refractivity contribution >= 4 is 29.1 Å². The van der Waals surface area contributed by atoms with Gasteiger partial charge < -0.3 is 5.32 Å². The number of carbonyl (C=O) groups excluding carboxylic acids is 1. The second-order valence-corrected chi connectivity index (χ2v) is 7.99. The average molecular weight is 342 g/mol. The molecule has 22 heavy (non-hydrogen) atoms. The van der Waals surface area contributed by atoms with Gasteiger partial charge >= 0.3 is 0 Å². The maximum Gasteiger partial charge on any atom is 0.253 e. The van der Waals surface area contributed by atoms with Gasteiger partial charge in [0, 0.05) is 6.04 Å². The minimum atomic E-state index is -0.610. The van der Waals surface area contributed by atoms with Crippen molar-refractivity contribution in [3.05, 3.63) is 33.6 Å². The Bertz CT molecular complexity index is 605. The molecule has 0 aliphatic heterocycles. The Hall–Kier alpha value is -0.800. The number of benzene rings is 1. The predicted octanol–water partition coefficient (Wildman–Crippen LogP) is 4.69. The third kappa shape index (κ3) is 2.43. The Balaban J connectivity index is 1.54. The second-order valence-electron chi connectivity index (χ2n) is 7.18. The van der Waals surface area contributed by atoms with Gasteiger partial charge in [-0.25, -0.2) is 4.39 Å². The number of nitrogens with one attached hydrogen (secondary N) is 1. The minimum absolute atomic E-state index is 0.0591. The molecule has 4 aliphatic rings. The molecule has 4 aliphatic carbocycles. The van der Waals surface area contributed by atoms with Crippen molar-refractivity contribution in [1.82, 2.24) is 5.32 Å². The van der Waals surface area contributed by atoms with Crippen molar-refractivity contribution in [2.24, 2.45) is 23.7 Å². The lowest BCUT2D eigenvalue weighted by atomic mass is 9.54. The topological polar surface area (TPSA) is 29.1 Å². The zero-order valence-corrected chi connectivity index (χ0v) is 13.6. The van der Waals surface area contributed by atoms with Gasteiger partial charge in [-0.2, -0.15) is 0 Å². The summed E-state index contributed by atoms with van der Waals surface area (Å²) in [4.78, 5) is 12.5. The molecule has 0 unspecified atom stereocenters. The van der Waals surface area contributed by atoms with Crippen molar-refractivity contribution in [2.75, 3.05) is 0 Å². The van der Waals surface area contributed by atoms with Crippen LogP contribution >= 0.6 is 23.2 Å². The molecule has 0 heterocycles. The van der Waals surface area contributed by atoms with E-state index in [9.17, 15) is 9.18 Å². The summed E-state index contributed by atoms with van der Waals surface area (Å²) in [5, 5.41) is 3.28. The molecule has 1 amide bonds. The SMILES string of the molecule is O=C(NC1C2CC3CC(C2)CC1C3)c1cc(F)c(Cl)cc1Cl. The van der Waals surface area contributed by atoms with Gasteiger partial charge in [0.05, 0.1) is 15.6 Å². The molecule has 0 saturated heterocycles. The summed E-state index contributed by atoms with van der Waals surface area (Å²) in [7, 11) is 0. The Morgan fingerprint density at radius 3 is 2.18 bits per heavy atom. The molecule has 1 N–H and O–H groups in total. The zero-order valence-electron chi connectivity index (χ0n) is 12.1. The quantitative estimate of drug-likeness (QED) is 0.777. The van der Waals surface area contributed by atoms with Gasteiger partial charge in [0.1, 0.15) is 5.82 Å². The summed E-state index contributed by atoms with van der Waals surface area (Å²) in [6.45, 7) is 0. The molecule has 4 saturated carbocycles. The van der Waals surface area contributed by atoms with Gasteiger partial charge in [0.15, 0.2) is 0 Å². The van der Waals surface area contributed by atoms with E-state index in [-0.39, 0.29) is 27.6 Å². The Kier molecular flexibility index (Phi) is 3.61. The van der Waals surface area contributed by atoms with Crippen LogP contribution in [0.2, 0.25) is 10.0 Å². The lowest BCUT2D eigenvalue weighted by Crippen LogP contribution is -2.55. The van der Waals surface area contributed by atoms with Crippen LogP contribution in [0.3, 0.4) is 0 Å². The largest absolute Gasteiger partial charge is 0.349 e. The standard InChI is InChI=1S/C17H18Cl2FNO/c18-13-7-14(19)15(20)6-12(13)17(22)21-16-10-2-8-1-9(4-10)5-11(16)3-8/h6-11,16H,1-5H2,(H,21,22). The molecule has 0 atom stereocenters. The van der Waals surface area contributed by atoms with E-state index in [0.717, 1.165) is 17.9 Å². The first kappa shape index (κ1) is 14.8. The highest BCUT2D eigenvalue weighted by atomic mass is 35.5. The third-order valence-electron chi connectivity index (χ3n) is 5.78. The van der Waals surface area contributed by atoms with Crippen molar-refractivity contribution in [1.29, 1.82) is 0 Å². The second kappa shape index (κ2) is 5.38. The molecule has 2 nitrogen and oxygen atoms in total. The van der Waals surface area contributed by atoms with Gasteiger partial charge in [-0.15, -0.1) is 0 Å². The highest BCUT2D eigenvalue weighted by Crippen LogP contribution is 2.53. The summed E-state index contributed by atoms with van der Waals surface area (Å²) < 4.78 is 13.6. The molecule has 5 rings (SSSR count). The van der Waals surface area contributed by atoms with Crippen molar-refractivity contribution in [2.45, 2.75) is 38.1 Å². The summed E-state index contributed by atoms with van der Waals surface area (Å²) >= 11 is 11.7. The van der Waals surface area contributed by atoms with E-state index >= 15 is 0 Å². The molecule has 5 heteroatoms. The van der Waals surface area contributed by atoms with Crippen LogP contribution in [0.1, 0.15) is 42.5 Å². The molecule has 0 radical (unpaired) electrons. The summed E-state index contributed by atoms with van der Waals surface area (Å²) in [5.74, 6) is 1.98. The van der Waals surface area contributed by atoms with E-state index in [2.05, 4.69) is 5.32 Å². The molecule has 4 bridgehead atoms. The number of rotatable bonds is 2. The first-order chi connectivity index (χ1) is 10.5. The van der Waals surface area contributed by atoms with Crippen LogP contribution in [0.25, 0.3) is 0 Å². The molecule has 1 aromatic carbocycles. The summed E-state index contributed by atoms with van der Waals surface area (Å²) in [6, 6.07) is 2.65. The van der Waals surface area contributed by atoms with Gasteiger partial charge in [-0.3, -0.25) is 4.79 Å². The normalized spacial score (nSPS) is 35.7. The maximum absolute atomic E-state index is 13.6. The van der Waals surface area contributed by atoms with Crippen LogP contribution in [0, 0.1) is 29.5 Å². The van der Waals surface area contributed by atoms with E-state index in [1.165, 1.54) is 38.2 Å². The molecule has 118 valence electrons. The van der Waals surface area contributed by atoms with E-state index in [0.29, 0.717) is 11.8 Å². The number of hydrogen-bond donors (Lipinski definition) is 1. The van der Waals surface area contributed by atoms with Crippen molar-refractivity contribution in [3.63, 3.8) is 0 Å². The average Bonchev–Trinajstić information content (AvgIpc) is 2.45. The Morgan fingerprint density at radius 2 is 1.59 bits per heavy atom. The fourth-order valence-electron chi connectivity index (χ4n) is 5.09. The number of halogens is 3. The monoisotopic (exact) mass is 341 g/mol.